The quantitative estimate of drug-likeness (QED) is 0.262. The topological polar surface area (TPSA) is 86.3 Å². The maximum absolute atomic E-state index is 11.9. The second kappa shape index (κ2) is 13.2. The van der Waals surface area contributed by atoms with Gasteiger partial charge in [0.2, 0.25) is 10.0 Å². The van der Waals surface area contributed by atoms with Gasteiger partial charge in [-0.05, 0) is 25.7 Å². The summed E-state index contributed by atoms with van der Waals surface area (Å²) in [5.41, 5.74) is 0. The van der Waals surface area contributed by atoms with E-state index in [0.717, 1.165) is 58.2 Å². The Balaban J connectivity index is 0.00000392. The number of morpholine rings is 1. The fourth-order valence-electron chi connectivity index (χ4n) is 3.61. The van der Waals surface area contributed by atoms with Crippen LogP contribution in [0, 0.1) is 5.92 Å². The third kappa shape index (κ3) is 8.68. The van der Waals surface area contributed by atoms with Crippen LogP contribution in [0.5, 0.6) is 0 Å². The zero-order chi connectivity index (χ0) is 19.7. The van der Waals surface area contributed by atoms with E-state index in [1.54, 1.807) is 4.31 Å². The molecule has 0 spiro atoms. The van der Waals surface area contributed by atoms with E-state index in [1.807, 2.05) is 6.92 Å². The first kappa shape index (κ1) is 25.9. The molecule has 8 nitrogen and oxygen atoms in total. The highest BCUT2D eigenvalue weighted by Crippen LogP contribution is 2.14. The van der Waals surface area contributed by atoms with Gasteiger partial charge in [-0.1, -0.05) is 13.8 Å². The maximum Gasteiger partial charge on any atom is 0.214 e. The van der Waals surface area contributed by atoms with Crippen molar-refractivity contribution < 1.29 is 13.2 Å². The number of halogens is 1. The van der Waals surface area contributed by atoms with Crippen LogP contribution in [0.2, 0.25) is 0 Å². The van der Waals surface area contributed by atoms with Crippen LogP contribution in [0.15, 0.2) is 4.99 Å². The third-order valence-electron chi connectivity index (χ3n) is 4.97. The van der Waals surface area contributed by atoms with Crippen molar-refractivity contribution >= 4 is 40.0 Å². The summed E-state index contributed by atoms with van der Waals surface area (Å²) in [4.78, 5) is 7.27. The van der Waals surface area contributed by atoms with Crippen LogP contribution in [-0.2, 0) is 14.8 Å². The number of hydrogen-bond donors (Lipinski definition) is 2. The lowest BCUT2D eigenvalue weighted by atomic mass is 10.0. The molecule has 0 aliphatic carbocycles. The Labute approximate surface area is 187 Å². The predicted molar refractivity (Wildman–Crippen MR) is 125 cm³/mol. The minimum atomic E-state index is -3.04. The average molecular weight is 532 g/mol. The monoisotopic (exact) mass is 531 g/mol. The number of nitrogens with zero attached hydrogens (tertiary/aromatic N) is 3. The predicted octanol–water partition coefficient (Wildman–Crippen LogP) is 0.942. The summed E-state index contributed by atoms with van der Waals surface area (Å²) in [5, 5.41) is 6.55. The van der Waals surface area contributed by atoms with Crippen molar-refractivity contribution in [2.75, 3.05) is 64.8 Å². The molecule has 0 saturated carbocycles. The molecule has 2 aliphatic rings. The number of aliphatic imine (C=N–C) groups is 1. The molecule has 2 saturated heterocycles. The van der Waals surface area contributed by atoms with E-state index < -0.39 is 10.0 Å². The van der Waals surface area contributed by atoms with Crippen molar-refractivity contribution in [3.8, 4) is 0 Å². The Morgan fingerprint density at radius 1 is 1.18 bits per heavy atom. The van der Waals surface area contributed by atoms with Gasteiger partial charge >= 0.3 is 0 Å². The van der Waals surface area contributed by atoms with E-state index in [2.05, 4.69) is 29.4 Å². The molecule has 0 amide bonds. The van der Waals surface area contributed by atoms with Gasteiger partial charge in [-0.3, -0.25) is 9.89 Å². The van der Waals surface area contributed by atoms with E-state index in [1.165, 1.54) is 0 Å². The van der Waals surface area contributed by atoms with Gasteiger partial charge in [-0.25, -0.2) is 12.7 Å². The average Bonchev–Trinajstić information content (AvgIpc) is 2.97. The molecule has 28 heavy (non-hydrogen) atoms. The van der Waals surface area contributed by atoms with E-state index >= 15 is 0 Å². The summed E-state index contributed by atoms with van der Waals surface area (Å²) in [6, 6.07) is 0.406. The fourth-order valence-corrected chi connectivity index (χ4v) is 5.13. The van der Waals surface area contributed by atoms with E-state index in [-0.39, 0.29) is 29.7 Å². The fraction of sp³-hybridized carbons (Fsp3) is 0.944. The van der Waals surface area contributed by atoms with E-state index in [4.69, 9.17) is 9.73 Å². The van der Waals surface area contributed by atoms with Gasteiger partial charge in [-0.2, -0.15) is 0 Å². The zero-order valence-electron chi connectivity index (χ0n) is 17.5. The zero-order valence-corrected chi connectivity index (χ0v) is 20.7. The largest absolute Gasteiger partial charge is 0.379 e. The van der Waals surface area contributed by atoms with Crippen molar-refractivity contribution in [1.29, 1.82) is 0 Å². The van der Waals surface area contributed by atoms with Gasteiger partial charge in [0.15, 0.2) is 5.96 Å². The lowest BCUT2D eigenvalue weighted by Crippen LogP contribution is -2.47. The second-order valence-electron chi connectivity index (χ2n) is 7.65. The molecule has 166 valence electrons. The summed E-state index contributed by atoms with van der Waals surface area (Å²) in [6.45, 7) is 13.2. The molecular weight excluding hydrogens is 493 g/mol. The number of sulfonamides is 1. The summed E-state index contributed by atoms with van der Waals surface area (Å²) in [6.07, 6.45) is 1.84. The van der Waals surface area contributed by atoms with Crippen molar-refractivity contribution in [2.24, 2.45) is 10.9 Å². The van der Waals surface area contributed by atoms with E-state index in [0.29, 0.717) is 31.6 Å². The first-order valence-corrected chi connectivity index (χ1v) is 11.8. The lowest BCUT2D eigenvalue weighted by molar-refractivity contribution is 0.0143. The van der Waals surface area contributed by atoms with Gasteiger partial charge in [0.25, 0.3) is 0 Å². The molecule has 0 aromatic heterocycles. The highest BCUT2D eigenvalue weighted by molar-refractivity contribution is 14.0. The number of nitrogens with one attached hydrogen (secondary N) is 2. The first-order chi connectivity index (χ1) is 12.9. The summed E-state index contributed by atoms with van der Waals surface area (Å²) < 4.78 is 30.8. The highest BCUT2D eigenvalue weighted by atomic mass is 127. The Hall–Kier alpha value is -0.170. The molecule has 2 heterocycles. The Morgan fingerprint density at radius 2 is 1.89 bits per heavy atom. The highest BCUT2D eigenvalue weighted by Gasteiger charge is 2.27. The molecule has 0 aromatic carbocycles. The van der Waals surface area contributed by atoms with Crippen LogP contribution in [-0.4, -0.2) is 94.4 Å². The Morgan fingerprint density at radius 3 is 2.46 bits per heavy atom. The van der Waals surface area contributed by atoms with Gasteiger partial charge in [0, 0.05) is 45.3 Å². The molecule has 1 unspecified atom stereocenters. The van der Waals surface area contributed by atoms with Crippen LogP contribution >= 0.6 is 24.0 Å². The van der Waals surface area contributed by atoms with Crippen molar-refractivity contribution in [1.82, 2.24) is 19.8 Å². The molecule has 10 heteroatoms. The number of guanidine groups is 1. The van der Waals surface area contributed by atoms with Gasteiger partial charge < -0.3 is 15.4 Å². The number of ether oxygens (including phenoxy) is 1. The number of rotatable bonds is 9. The Bertz CT molecular complexity index is 568. The lowest BCUT2D eigenvalue weighted by Gasteiger charge is -2.34. The van der Waals surface area contributed by atoms with Crippen LogP contribution in [0.3, 0.4) is 0 Å². The summed E-state index contributed by atoms with van der Waals surface area (Å²) in [7, 11) is -3.04. The van der Waals surface area contributed by atoms with E-state index in [9.17, 15) is 8.42 Å². The molecule has 0 radical (unpaired) electrons. The van der Waals surface area contributed by atoms with Crippen molar-refractivity contribution in [3.05, 3.63) is 0 Å². The van der Waals surface area contributed by atoms with Crippen molar-refractivity contribution in [2.45, 2.75) is 39.7 Å². The molecule has 2 aliphatic heterocycles. The normalized spacial score (nSPS) is 22.1. The van der Waals surface area contributed by atoms with Gasteiger partial charge in [0.1, 0.15) is 0 Å². The van der Waals surface area contributed by atoms with Crippen LogP contribution in [0.4, 0.5) is 0 Å². The molecule has 2 fully saturated rings. The van der Waals surface area contributed by atoms with Crippen molar-refractivity contribution in [3.63, 3.8) is 0 Å². The smallest absolute Gasteiger partial charge is 0.214 e. The summed E-state index contributed by atoms with van der Waals surface area (Å²) in [5.74, 6) is 1.65. The van der Waals surface area contributed by atoms with Crippen LogP contribution in [0.25, 0.3) is 0 Å². The Kier molecular flexibility index (Phi) is 12.2. The molecule has 2 N–H and O–H groups in total. The minimum Gasteiger partial charge on any atom is -0.379 e. The molecular formula is C18H38IN5O3S. The molecule has 2 rings (SSSR count). The number of hydrogen-bond acceptors (Lipinski definition) is 5. The van der Waals surface area contributed by atoms with Gasteiger partial charge in [0.05, 0.1) is 25.5 Å². The minimum absolute atomic E-state index is 0. The summed E-state index contributed by atoms with van der Waals surface area (Å²) >= 11 is 0. The molecule has 0 aromatic rings. The maximum atomic E-state index is 11.9. The molecule has 0 bridgehead atoms. The van der Waals surface area contributed by atoms with Crippen LogP contribution in [0.1, 0.15) is 33.6 Å². The SMILES string of the molecule is CCNC(=NCC(CC(C)C)N1CCOCC1)NCCN1CCCS1(=O)=O.I. The van der Waals surface area contributed by atoms with Gasteiger partial charge in [-0.15, -0.1) is 24.0 Å². The first-order valence-electron chi connectivity index (χ1n) is 10.2. The third-order valence-corrected chi connectivity index (χ3v) is 6.92. The van der Waals surface area contributed by atoms with Crippen LogP contribution < -0.4 is 10.6 Å². The second-order valence-corrected chi connectivity index (χ2v) is 9.74. The standard InChI is InChI=1S/C18H37N5O3S.HI/c1-4-19-18(20-6-8-23-7-5-13-27(23,24)25)21-15-17(14-16(2)3)22-9-11-26-12-10-22;/h16-17H,4-15H2,1-3H3,(H2,19,20,21);1H. The molecule has 1 atom stereocenters.